The molecule has 0 bridgehead atoms. The number of hydrogen-bond acceptors (Lipinski definition) is 4. The quantitative estimate of drug-likeness (QED) is 0.836. The van der Waals surface area contributed by atoms with Gasteiger partial charge in [0.05, 0.1) is 20.6 Å². The highest BCUT2D eigenvalue weighted by molar-refractivity contribution is 5.69. The summed E-state index contributed by atoms with van der Waals surface area (Å²) in [6.07, 6.45) is 1.29. The van der Waals surface area contributed by atoms with E-state index in [1.807, 2.05) is 12.1 Å². The first-order chi connectivity index (χ1) is 9.05. The lowest BCUT2D eigenvalue weighted by Gasteiger charge is -2.24. The van der Waals surface area contributed by atoms with Crippen molar-refractivity contribution in [2.24, 2.45) is 11.1 Å². The topological polar surface area (TPSA) is 81.8 Å². The van der Waals surface area contributed by atoms with E-state index in [1.165, 1.54) is 0 Å². The second-order valence-electron chi connectivity index (χ2n) is 5.06. The smallest absolute Gasteiger partial charge is 0.303 e. The predicted molar refractivity (Wildman–Crippen MR) is 70.7 cm³/mol. The van der Waals surface area contributed by atoms with Crippen LogP contribution in [0.4, 0.5) is 0 Å². The number of benzene rings is 1. The summed E-state index contributed by atoms with van der Waals surface area (Å²) in [4.78, 5) is 11.1. The number of hydrogen-bond donors (Lipinski definition) is 2. The Morgan fingerprint density at radius 1 is 1.26 bits per heavy atom. The maximum absolute atomic E-state index is 11.1. The van der Waals surface area contributed by atoms with Crippen LogP contribution in [-0.2, 0) is 17.6 Å². The van der Waals surface area contributed by atoms with Crippen molar-refractivity contribution >= 4 is 5.97 Å². The third-order valence-corrected chi connectivity index (χ3v) is 3.85. The molecule has 0 amide bonds. The number of carbonyl (C=O) groups is 1. The van der Waals surface area contributed by atoms with Crippen LogP contribution >= 0.6 is 0 Å². The van der Waals surface area contributed by atoms with Gasteiger partial charge in [0.15, 0.2) is 0 Å². The van der Waals surface area contributed by atoms with Gasteiger partial charge in [0.1, 0.15) is 11.5 Å². The molecule has 1 aliphatic carbocycles. The number of fused-ring (bicyclic) bond motifs is 1. The molecule has 0 saturated carbocycles. The zero-order valence-electron chi connectivity index (χ0n) is 11.2. The van der Waals surface area contributed by atoms with Gasteiger partial charge in [-0.25, -0.2) is 0 Å². The van der Waals surface area contributed by atoms with E-state index in [2.05, 4.69) is 0 Å². The third-order valence-electron chi connectivity index (χ3n) is 3.85. The molecule has 0 heterocycles. The molecule has 1 aliphatic rings. The van der Waals surface area contributed by atoms with Gasteiger partial charge < -0.3 is 20.3 Å². The van der Waals surface area contributed by atoms with Crippen molar-refractivity contribution in [3.63, 3.8) is 0 Å². The molecular weight excluding hydrogens is 246 g/mol. The number of carboxylic acids is 1. The van der Waals surface area contributed by atoms with Crippen LogP contribution in [0.15, 0.2) is 12.1 Å². The molecule has 3 N–H and O–H groups in total. The van der Waals surface area contributed by atoms with Crippen LogP contribution in [0.2, 0.25) is 0 Å². The molecule has 104 valence electrons. The maximum atomic E-state index is 11.1. The zero-order chi connectivity index (χ0) is 14.0. The first kappa shape index (κ1) is 13.7. The standard InChI is InChI=1S/C14H19NO4/c1-18-11-3-4-12(19-2)10-6-14(8-15,5-9(10)11)7-13(16)17/h3-4H,5-8,15H2,1-2H3,(H,16,17). The normalized spacial score (nSPS) is 15.9. The Morgan fingerprint density at radius 3 is 2.05 bits per heavy atom. The average Bonchev–Trinajstić information content (AvgIpc) is 2.76. The molecule has 5 nitrogen and oxygen atoms in total. The van der Waals surface area contributed by atoms with Gasteiger partial charge in [-0.15, -0.1) is 0 Å². The lowest BCUT2D eigenvalue weighted by Crippen LogP contribution is -2.33. The summed E-state index contributed by atoms with van der Waals surface area (Å²) in [5, 5.41) is 9.08. The molecule has 0 aliphatic heterocycles. The second-order valence-corrected chi connectivity index (χ2v) is 5.06. The number of ether oxygens (including phenoxy) is 2. The number of methoxy groups -OCH3 is 2. The fourth-order valence-corrected chi connectivity index (χ4v) is 2.89. The lowest BCUT2D eigenvalue weighted by atomic mass is 9.81. The van der Waals surface area contributed by atoms with Crippen LogP contribution in [0.5, 0.6) is 11.5 Å². The van der Waals surface area contributed by atoms with Crippen molar-refractivity contribution in [1.82, 2.24) is 0 Å². The molecule has 0 unspecified atom stereocenters. The monoisotopic (exact) mass is 265 g/mol. The van der Waals surface area contributed by atoms with E-state index in [1.54, 1.807) is 14.2 Å². The van der Waals surface area contributed by atoms with Gasteiger partial charge in [0.25, 0.3) is 0 Å². The Bertz CT molecular complexity index is 465. The fourth-order valence-electron chi connectivity index (χ4n) is 2.89. The molecule has 0 atom stereocenters. The lowest BCUT2D eigenvalue weighted by molar-refractivity contribution is -0.139. The molecule has 2 rings (SSSR count). The highest BCUT2D eigenvalue weighted by atomic mass is 16.5. The molecule has 0 radical (unpaired) electrons. The van der Waals surface area contributed by atoms with E-state index in [9.17, 15) is 4.79 Å². The SMILES string of the molecule is COc1ccc(OC)c2c1CC(CN)(CC(=O)O)C2. The number of carboxylic acid groups (broad SMARTS) is 1. The number of rotatable bonds is 5. The van der Waals surface area contributed by atoms with Gasteiger partial charge in [-0.05, 0) is 31.5 Å². The minimum absolute atomic E-state index is 0.0600. The first-order valence-electron chi connectivity index (χ1n) is 6.20. The Morgan fingerprint density at radius 2 is 1.74 bits per heavy atom. The van der Waals surface area contributed by atoms with Crippen molar-refractivity contribution in [2.75, 3.05) is 20.8 Å². The van der Waals surface area contributed by atoms with Crippen LogP contribution < -0.4 is 15.2 Å². The predicted octanol–water partition coefficient (Wildman–Crippen LogP) is 1.22. The Labute approximate surface area is 112 Å². The summed E-state index contributed by atoms with van der Waals surface area (Å²) in [5.41, 5.74) is 7.44. The summed E-state index contributed by atoms with van der Waals surface area (Å²) < 4.78 is 10.7. The van der Waals surface area contributed by atoms with Crippen LogP contribution in [0, 0.1) is 5.41 Å². The molecule has 5 heteroatoms. The second kappa shape index (κ2) is 5.09. The van der Waals surface area contributed by atoms with Crippen molar-refractivity contribution in [3.8, 4) is 11.5 Å². The van der Waals surface area contributed by atoms with Crippen LogP contribution in [0.3, 0.4) is 0 Å². The van der Waals surface area contributed by atoms with Gasteiger partial charge in [0, 0.05) is 16.5 Å². The van der Waals surface area contributed by atoms with E-state index < -0.39 is 11.4 Å². The summed E-state index contributed by atoms with van der Waals surface area (Å²) in [7, 11) is 3.23. The Hall–Kier alpha value is -1.75. The van der Waals surface area contributed by atoms with Gasteiger partial charge >= 0.3 is 5.97 Å². The van der Waals surface area contributed by atoms with Crippen LogP contribution in [0.25, 0.3) is 0 Å². The minimum atomic E-state index is -0.823. The van der Waals surface area contributed by atoms with Crippen molar-refractivity contribution < 1.29 is 19.4 Å². The molecular formula is C14H19NO4. The van der Waals surface area contributed by atoms with E-state index in [-0.39, 0.29) is 6.42 Å². The molecule has 0 saturated heterocycles. The highest BCUT2D eigenvalue weighted by Crippen LogP contribution is 2.46. The average molecular weight is 265 g/mol. The van der Waals surface area contributed by atoms with Gasteiger partial charge in [-0.1, -0.05) is 0 Å². The van der Waals surface area contributed by atoms with Gasteiger partial charge in [-0.2, -0.15) is 0 Å². The van der Waals surface area contributed by atoms with Crippen molar-refractivity contribution in [3.05, 3.63) is 23.3 Å². The molecule has 0 fully saturated rings. The zero-order valence-corrected chi connectivity index (χ0v) is 11.2. The fraction of sp³-hybridized carbons (Fsp3) is 0.500. The van der Waals surface area contributed by atoms with E-state index in [4.69, 9.17) is 20.3 Å². The molecule has 1 aromatic carbocycles. The molecule has 19 heavy (non-hydrogen) atoms. The molecule has 0 aromatic heterocycles. The molecule has 0 spiro atoms. The molecule has 1 aromatic rings. The van der Waals surface area contributed by atoms with E-state index in [0.717, 1.165) is 22.6 Å². The maximum Gasteiger partial charge on any atom is 0.303 e. The Balaban J connectivity index is 2.43. The van der Waals surface area contributed by atoms with Crippen LogP contribution in [-0.4, -0.2) is 31.8 Å². The summed E-state index contributed by atoms with van der Waals surface area (Å²) in [5.74, 6) is 0.726. The summed E-state index contributed by atoms with van der Waals surface area (Å²) in [6.45, 7) is 0.334. The van der Waals surface area contributed by atoms with Crippen LogP contribution in [0.1, 0.15) is 17.5 Å². The largest absolute Gasteiger partial charge is 0.496 e. The minimum Gasteiger partial charge on any atom is -0.496 e. The van der Waals surface area contributed by atoms with E-state index >= 15 is 0 Å². The highest BCUT2D eigenvalue weighted by Gasteiger charge is 2.41. The summed E-state index contributed by atoms with van der Waals surface area (Å²) >= 11 is 0. The van der Waals surface area contributed by atoms with Gasteiger partial charge in [0.2, 0.25) is 0 Å². The number of nitrogens with two attached hydrogens (primary N) is 1. The summed E-state index contributed by atoms with van der Waals surface area (Å²) in [6, 6.07) is 3.70. The van der Waals surface area contributed by atoms with Crippen molar-refractivity contribution in [1.29, 1.82) is 0 Å². The van der Waals surface area contributed by atoms with Gasteiger partial charge in [-0.3, -0.25) is 4.79 Å². The van der Waals surface area contributed by atoms with Crippen molar-refractivity contribution in [2.45, 2.75) is 19.3 Å². The Kier molecular flexibility index (Phi) is 3.66. The first-order valence-corrected chi connectivity index (χ1v) is 6.20. The number of aliphatic carboxylic acids is 1. The van der Waals surface area contributed by atoms with E-state index in [0.29, 0.717) is 19.4 Å². The third kappa shape index (κ3) is 2.38.